The molecule has 1 aliphatic heterocycles. The second kappa shape index (κ2) is 9.64. The summed E-state index contributed by atoms with van der Waals surface area (Å²) in [6.45, 7) is -0.927. The molecule has 4 N–H and O–H groups in total. The summed E-state index contributed by atoms with van der Waals surface area (Å²) in [6, 6.07) is 11.6. The second-order valence-electron chi connectivity index (χ2n) is 8.99. The van der Waals surface area contributed by atoms with Gasteiger partial charge in [0.05, 0.1) is 6.61 Å². The summed E-state index contributed by atoms with van der Waals surface area (Å²) in [4.78, 5) is 0. The van der Waals surface area contributed by atoms with Crippen molar-refractivity contribution in [2.24, 2.45) is 5.41 Å². The van der Waals surface area contributed by atoms with E-state index < -0.39 is 55.3 Å². The fraction of sp³-hybridized carbons (Fsp3) is 0.500. The van der Waals surface area contributed by atoms with Crippen molar-refractivity contribution in [1.29, 1.82) is 0 Å². The average Bonchev–Trinajstić information content (AvgIpc) is 3.60. The molecule has 0 radical (unpaired) electrons. The van der Waals surface area contributed by atoms with Crippen molar-refractivity contribution in [2.75, 3.05) is 13.2 Å². The van der Waals surface area contributed by atoms with Crippen LogP contribution in [0.2, 0.25) is 5.02 Å². The highest BCUT2D eigenvalue weighted by Gasteiger charge is 2.63. The zero-order valence-electron chi connectivity index (χ0n) is 18.1. The monoisotopic (exact) mass is 502 g/mol. The van der Waals surface area contributed by atoms with Crippen LogP contribution in [-0.4, -0.2) is 64.2 Å². The maximum atomic E-state index is 13.1. The van der Waals surface area contributed by atoms with Crippen LogP contribution in [0.15, 0.2) is 42.5 Å². The molecule has 1 aliphatic carbocycles. The van der Waals surface area contributed by atoms with Gasteiger partial charge in [-0.25, -0.2) is 0 Å². The Labute approximate surface area is 199 Å². The van der Waals surface area contributed by atoms with Crippen molar-refractivity contribution in [3.63, 3.8) is 0 Å². The standard InChI is InChI=1S/C24H26ClF3O6/c25-17-6-3-14(22-21(32)20(31)19(30)18(11-29)34-22)10-15(17)9-13-1-4-16(5-2-13)33-12-23(7-8-23)24(26,27)28/h1-6,10,18-22,29-32H,7-9,11-12H2. The highest BCUT2D eigenvalue weighted by atomic mass is 35.5. The number of rotatable bonds is 7. The van der Waals surface area contributed by atoms with Gasteiger partial charge in [-0.3, -0.25) is 0 Å². The fourth-order valence-corrected chi connectivity index (χ4v) is 4.27. The van der Waals surface area contributed by atoms with E-state index in [1.54, 1.807) is 42.5 Å². The molecular formula is C24H26ClF3O6. The first kappa shape index (κ1) is 25.2. The van der Waals surface area contributed by atoms with E-state index in [0.717, 1.165) is 5.56 Å². The summed E-state index contributed by atoms with van der Waals surface area (Å²) >= 11 is 6.35. The van der Waals surface area contributed by atoms with E-state index in [1.807, 2.05) is 0 Å². The van der Waals surface area contributed by atoms with Crippen LogP contribution in [0, 0.1) is 5.41 Å². The van der Waals surface area contributed by atoms with Crippen molar-refractivity contribution in [3.05, 3.63) is 64.2 Å². The normalized spacial score (nSPS) is 28.5. The Morgan fingerprint density at radius 1 is 1.00 bits per heavy atom. The molecule has 34 heavy (non-hydrogen) atoms. The molecule has 1 saturated heterocycles. The van der Waals surface area contributed by atoms with Gasteiger partial charge in [-0.05, 0) is 54.2 Å². The molecule has 10 heteroatoms. The molecule has 2 aromatic carbocycles. The van der Waals surface area contributed by atoms with Crippen molar-refractivity contribution in [1.82, 2.24) is 0 Å². The SMILES string of the molecule is OCC1OC(c2ccc(Cl)c(Cc3ccc(OCC4(C(F)(F)F)CC4)cc3)c2)C(O)C(O)C1O. The van der Waals surface area contributed by atoms with Crippen LogP contribution in [-0.2, 0) is 11.2 Å². The molecule has 0 amide bonds. The molecule has 0 aromatic heterocycles. The summed E-state index contributed by atoms with van der Waals surface area (Å²) in [5.74, 6) is 0.348. The van der Waals surface area contributed by atoms with Crippen LogP contribution in [0.4, 0.5) is 13.2 Å². The first-order chi connectivity index (χ1) is 16.0. The largest absolute Gasteiger partial charge is 0.493 e. The van der Waals surface area contributed by atoms with Gasteiger partial charge in [-0.2, -0.15) is 13.2 Å². The Morgan fingerprint density at radius 3 is 2.26 bits per heavy atom. The van der Waals surface area contributed by atoms with E-state index in [4.69, 9.17) is 21.1 Å². The number of alkyl halides is 3. The lowest BCUT2D eigenvalue weighted by Crippen LogP contribution is -2.55. The van der Waals surface area contributed by atoms with E-state index in [2.05, 4.69) is 0 Å². The van der Waals surface area contributed by atoms with Crippen LogP contribution in [0.25, 0.3) is 0 Å². The van der Waals surface area contributed by atoms with E-state index in [0.29, 0.717) is 28.3 Å². The van der Waals surface area contributed by atoms with Gasteiger partial charge in [-0.15, -0.1) is 0 Å². The van der Waals surface area contributed by atoms with Crippen LogP contribution in [0.1, 0.15) is 35.6 Å². The maximum Gasteiger partial charge on any atom is 0.397 e. The van der Waals surface area contributed by atoms with Gasteiger partial charge >= 0.3 is 6.18 Å². The summed E-state index contributed by atoms with van der Waals surface area (Å²) < 4.78 is 50.2. The van der Waals surface area contributed by atoms with Crippen LogP contribution < -0.4 is 4.74 Å². The average molecular weight is 503 g/mol. The smallest absolute Gasteiger partial charge is 0.397 e. The van der Waals surface area contributed by atoms with Gasteiger partial charge in [0.15, 0.2) is 0 Å². The van der Waals surface area contributed by atoms with Crippen LogP contribution in [0.3, 0.4) is 0 Å². The molecule has 186 valence electrons. The molecule has 1 saturated carbocycles. The Kier molecular flexibility index (Phi) is 7.15. The first-order valence-electron chi connectivity index (χ1n) is 10.9. The Bertz CT molecular complexity index is 993. The lowest BCUT2D eigenvalue weighted by Gasteiger charge is -2.40. The lowest BCUT2D eigenvalue weighted by molar-refractivity contribution is -0.231. The van der Waals surface area contributed by atoms with Gasteiger partial charge in [0.2, 0.25) is 0 Å². The number of halogens is 4. The van der Waals surface area contributed by atoms with Crippen molar-refractivity contribution in [3.8, 4) is 5.75 Å². The minimum Gasteiger partial charge on any atom is -0.493 e. The topological polar surface area (TPSA) is 99.4 Å². The Hall–Kier alpha value is -1.88. The zero-order valence-corrected chi connectivity index (χ0v) is 18.8. The minimum atomic E-state index is -4.27. The molecule has 6 nitrogen and oxygen atoms in total. The van der Waals surface area contributed by atoms with Crippen LogP contribution >= 0.6 is 11.6 Å². The number of hydrogen-bond donors (Lipinski definition) is 4. The number of benzene rings is 2. The zero-order chi connectivity index (χ0) is 24.7. The molecule has 4 rings (SSSR count). The van der Waals surface area contributed by atoms with Gasteiger partial charge in [0, 0.05) is 5.02 Å². The molecule has 2 fully saturated rings. The first-order valence-corrected chi connectivity index (χ1v) is 11.3. The molecule has 2 aliphatic rings. The number of aliphatic hydroxyl groups is 4. The van der Waals surface area contributed by atoms with Crippen molar-refractivity contribution >= 4 is 11.6 Å². The predicted molar refractivity (Wildman–Crippen MR) is 117 cm³/mol. The van der Waals surface area contributed by atoms with E-state index >= 15 is 0 Å². The predicted octanol–water partition coefficient (Wildman–Crippen LogP) is 3.17. The summed E-state index contributed by atoms with van der Waals surface area (Å²) in [6.07, 6.45) is -10.1. The molecule has 5 unspecified atom stereocenters. The third-order valence-corrected chi connectivity index (χ3v) is 6.95. The summed E-state index contributed by atoms with van der Waals surface area (Å²) in [5.41, 5.74) is 0.304. The third kappa shape index (κ3) is 5.05. The van der Waals surface area contributed by atoms with Gasteiger partial charge in [0.25, 0.3) is 0 Å². The van der Waals surface area contributed by atoms with Gasteiger partial charge in [0.1, 0.15) is 48.3 Å². The van der Waals surface area contributed by atoms with Crippen molar-refractivity contribution in [2.45, 2.75) is 56.0 Å². The van der Waals surface area contributed by atoms with E-state index in [9.17, 15) is 33.6 Å². The number of ether oxygens (including phenoxy) is 2. The molecule has 0 bridgehead atoms. The van der Waals surface area contributed by atoms with Gasteiger partial charge in [-0.1, -0.05) is 35.9 Å². The lowest BCUT2D eigenvalue weighted by atomic mass is 9.90. The molecule has 5 atom stereocenters. The minimum absolute atomic E-state index is 0.0812. The third-order valence-electron chi connectivity index (χ3n) is 6.58. The van der Waals surface area contributed by atoms with Gasteiger partial charge < -0.3 is 29.9 Å². The summed E-state index contributed by atoms with van der Waals surface area (Å²) in [7, 11) is 0. The Balaban J connectivity index is 1.45. The molecule has 0 spiro atoms. The summed E-state index contributed by atoms with van der Waals surface area (Å²) in [5, 5.41) is 40.3. The van der Waals surface area contributed by atoms with Crippen LogP contribution in [0.5, 0.6) is 5.75 Å². The fourth-order valence-electron chi connectivity index (χ4n) is 4.09. The number of hydrogen-bond acceptors (Lipinski definition) is 6. The Morgan fingerprint density at radius 2 is 1.68 bits per heavy atom. The highest BCUT2D eigenvalue weighted by Crippen LogP contribution is 2.57. The quantitative estimate of drug-likeness (QED) is 0.464. The molecule has 1 heterocycles. The number of aliphatic hydroxyl groups excluding tert-OH is 4. The molecule has 2 aromatic rings. The molecular weight excluding hydrogens is 477 g/mol. The van der Waals surface area contributed by atoms with E-state index in [-0.39, 0.29) is 12.8 Å². The van der Waals surface area contributed by atoms with E-state index in [1.165, 1.54) is 0 Å². The highest BCUT2D eigenvalue weighted by molar-refractivity contribution is 6.31. The second-order valence-corrected chi connectivity index (χ2v) is 9.40. The maximum absolute atomic E-state index is 13.1. The van der Waals surface area contributed by atoms with Crippen molar-refractivity contribution < 1.29 is 43.1 Å².